The second kappa shape index (κ2) is 7.51. The molecular weight excluding hydrogens is 389 g/mol. The molecule has 7 heteroatoms. The Bertz CT molecular complexity index is 1170. The zero-order valence-electron chi connectivity index (χ0n) is 16.0. The summed E-state index contributed by atoms with van der Waals surface area (Å²) in [7, 11) is 0. The lowest BCUT2D eigenvalue weighted by Gasteiger charge is -2.24. The number of Topliss-reactive ketones (excluding diaryl/α,β-unsaturated/α-hetero) is 1. The van der Waals surface area contributed by atoms with Gasteiger partial charge in [-0.05, 0) is 60.5 Å². The van der Waals surface area contributed by atoms with Crippen LogP contribution in [0, 0.1) is 12.7 Å². The second-order valence-corrected chi connectivity index (χ2v) is 7.07. The van der Waals surface area contributed by atoms with Gasteiger partial charge in [0.1, 0.15) is 23.1 Å². The third-order valence-electron chi connectivity index (χ3n) is 5.06. The molecule has 1 aromatic heterocycles. The quantitative estimate of drug-likeness (QED) is 0.387. The fraction of sp³-hybridized carbons (Fsp3) is 0.130. The van der Waals surface area contributed by atoms with Crippen LogP contribution in [0.4, 0.5) is 4.39 Å². The number of phenolic OH excluding ortho intramolecular Hbond substituents is 1. The van der Waals surface area contributed by atoms with Crippen molar-refractivity contribution in [2.24, 2.45) is 0 Å². The van der Waals surface area contributed by atoms with Crippen LogP contribution in [-0.2, 0) is 16.1 Å². The summed E-state index contributed by atoms with van der Waals surface area (Å²) in [5, 5.41) is 20.9. The predicted octanol–water partition coefficient (Wildman–Crippen LogP) is 4.05. The lowest BCUT2D eigenvalue weighted by Crippen LogP contribution is -2.29. The Kier molecular flexibility index (Phi) is 4.87. The van der Waals surface area contributed by atoms with E-state index in [9.17, 15) is 24.2 Å². The Morgan fingerprint density at radius 2 is 1.93 bits per heavy atom. The highest BCUT2D eigenvalue weighted by Gasteiger charge is 2.46. The zero-order valence-corrected chi connectivity index (χ0v) is 16.0. The highest BCUT2D eigenvalue weighted by Crippen LogP contribution is 2.41. The highest BCUT2D eigenvalue weighted by atomic mass is 19.1. The van der Waals surface area contributed by atoms with Crippen LogP contribution in [0.5, 0.6) is 5.75 Å². The summed E-state index contributed by atoms with van der Waals surface area (Å²) in [6, 6.07) is 12.4. The van der Waals surface area contributed by atoms with Gasteiger partial charge in [0, 0.05) is 5.56 Å². The van der Waals surface area contributed by atoms with Gasteiger partial charge < -0.3 is 19.5 Å². The molecule has 0 bridgehead atoms. The number of rotatable bonds is 4. The van der Waals surface area contributed by atoms with Crippen molar-refractivity contribution in [3.8, 4) is 5.75 Å². The van der Waals surface area contributed by atoms with Gasteiger partial charge >= 0.3 is 0 Å². The molecule has 1 fully saturated rings. The van der Waals surface area contributed by atoms with E-state index in [4.69, 9.17) is 4.42 Å². The highest BCUT2D eigenvalue weighted by molar-refractivity contribution is 6.46. The molecule has 2 aromatic carbocycles. The molecule has 0 spiro atoms. The molecule has 2 N–H and O–H groups in total. The summed E-state index contributed by atoms with van der Waals surface area (Å²) in [6.45, 7) is 1.53. The molecule has 0 radical (unpaired) electrons. The number of furan rings is 1. The van der Waals surface area contributed by atoms with E-state index in [1.807, 2.05) is 0 Å². The molecule has 3 aromatic rings. The number of hydrogen-bond acceptors (Lipinski definition) is 5. The number of amides is 1. The van der Waals surface area contributed by atoms with Crippen molar-refractivity contribution in [2.45, 2.75) is 19.5 Å². The van der Waals surface area contributed by atoms with E-state index >= 15 is 0 Å². The lowest BCUT2D eigenvalue weighted by molar-refractivity contribution is -0.140. The van der Waals surface area contributed by atoms with Crippen LogP contribution in [0.1, 0.15) is 28.5 Å². The standard InChI is InChI=1S/C23H18FNO5/c1-13-10-15(7-8-18(13)24)21(27)19-20(14-4-2-5-16(26)11-14)25(23(29)22(19)28)12-17-6-3-9-30-17/h2-11,20,26-27H,12H2,1H3/b21-19-. The molecule has 1 aliphatic rings. The second-order valence-electron chi connectivity index (χ2n) is 7.07. The summed E-state index contributed by atoms with van der Waals surface area (Å²) in [4.78, 5) is 27.0. The molecule has 152 valence electrons. The summed E-state index contributed by atoms with van der Waals surface area (Å²) in [5.74, 6) is -2.12. The van der Waals surface area contributed by atoms with Crippen LogP contribution in [0.25, 0.3) is 5.76 Å². The first-order valence-corrected chi connectivity index (χ1v) is 9.23. The van der Waals surface area contributed by atoms with Crippen molar-refractivity contribution in [3.63, 3.8) is 0 Å². The van der Waals surface area contributed by atoms with Gasteiger partial charge in [0.25, 0.3) is 11.7 Å². The molecular formula is C23H18FNO5. The average molecular weight is 407 g/mol. The van der Waals surface area contributed by atoms with Gasteiger partial charge in [-0.1, -0.05) is 12.1 Å². The molecule has 4 rings (SSSR count). The minimum atomic E-state index is -0.951. The molecule has 0 saturated carbocycles. The minimum absolute atomic E-state index is 0.00286. The van der Waals surface area contributed by atoms with Crippen molar-refractivity contribution in [3.05, 3.63) is 94.7 Å². The van der Waals surface area contributed by atoms with Crippen molar-refractivity contribution in [1.29, 1.82) is 0 Å². The minimum Gasteiger partial charge on any atom is -0.508 e. The number of benzene rings is 2. The Morgan fingerprint density at radius 3 is 2.60 bits per heavy atom. The number of ketones is 1. The Hall–Kier alpha value is -3.87. The van der Waals surface area contributed by atoms with Crippen LogP contribution >= 0.6 is 0 Å². The topological polar surface area (TPSA) is 91.0 Å². The number of likely N-dealkylation sites (tertiary alicyclic amines) is 1. The van der Waals surface area contributed by atoms with Gasteiger partial charge in [0.15, 0.2) is 0 Å². The molecule has 1 amide bonds. The number of nitrogens with zero attached hydrogens (tertiary/aromatic N) is 1. The molecule has 1 unspecified atom stereocenters. The number of aromatic hydroxyl groups is 1. The number of halogens is 1. The first kappa shape index (κ1) is 19.4. The Balaban J connectivity index is 1.89. The number of carbonyl (C=O) groups excluding carboxylic acids is 2. The average Bonchev–Trinajstić information content (AvgIpc) is 3.32. The van der Waals surface area contributed by atoms with Gasteiger partial charge in [0.05, 0.1) is 24.4 Å². The molecule has 1 aliphatic heterocycles. The maximum Gasteiger partial charge on any atom is 0.296 e. The first-order valence-electron chi connectivity index (χ1n) is 9.23. The number of aryl methyl sites for hydroxylation is 1. The lowest BCUT2D eigenvalue weighted by atomic mass is 9.94. The fourth-order valence-electron chi connectivity index (χ4n) is 3.60. The van der Waals surface area contributed by atoms with Crippen molar-refractivity contribution < 1.29 is 28.6 Å². The number of hydrogen-bond donors (Lipinski definition) is 2. The van der Waals surface area contributed by atoms with Crippen LogP contribution in [0.2, 0.25) is 0 Å². The number of carbonyl (C=O) groups is 2. The summed E-state index contributed by atoms with van der Waals surface area (Å²) >= 11 is 0. The molecule has 0 aliphatic carbocycles. The molecule has 1 saturated heterocycles. The van der Waals surface area contributed by atoms with Gasteiger partial charge in [0.2, 0.25) is 0 Å². The zero-order chi connectivity index (χ0) is 21.4. The maximum absolute atomic E-state index is 13.7. The van der Waals surface area contributed by atoms with E-state index in [1.54, 1.807) is 24.3 Å². The maximum atomic E-state index is 13.7. The number of aliphatic hydroxyl groups is 1. The number of phenols is 1. The van der Waals surface area contributed by atoms with E-state index in [-0.39, 0.29) is 29.0 Å². The summed E-state index contributed by atoms with van der Waals surface area (Å²) in [6.07, 6.45) is 1.45. The van der Waals surface area contributed by atoms with Crippen LogP contribution < -0.4 is 0 Å². The van der Waals surface area contributed by atoms with Gasteiger partial charge in [-0.25, -0.2) is 4.39 Å². The first-order chi connectivity index (χ1) is 14.4. The van der Waals surface area contributed by atoms with Gasteiger partial charge in [-0.3, -0.25) is 9.59 Å². The predicted molar refractivity (Wildman–Crippen MR) is 106 cm³/mol. The van der Waals surface area contributed by atoms with E-state index in [0.29, 0.717) is 11.3 Å². The summed E-state index contributed by atoms with van der Waals surface area (Å²) in [5.41, 5.74) is 0.817. The van der Waals surface area contributed by atoms with Crippen molar-refractivity contribution in [2.75, 3.05) is 0 Å². The normalized spacial score (nSPS) is 18.2. The van der Waals surface area contributed by atoms with Crippen LogP contribution in [0.15, 0.2) is 70.9 Å². The van der Waals surface area contributed by atoms with E-state index in [0.717, 1.165) is 0 Å². The van der Waals surface area contributed by atoms with Crippen molar-refractivity contribution >= 4 is 17.4 Å². The third kappa shape index (κ3) is 3.34. The molecule has 6 nitrogen and oxygen atoms in total. The monoisotopic (exact) mass is 407 g/mol. The van der Waals surface area contributed by atoms with Gasteiger partial charge in [-0.2, -0.15) is 0 Å². The van der Waals surface area contributed by atoms with E-state index < -0.39 is 29.3 Å². The van der Waals surface area contributed by atoms with Crippen molar-refractivity contribution in [1.82, 2.24) is 4.90 Å². The fourth-order valence-corrected chi connectivity index (χ4v) is 3.60. The Labute approximate surface area is 171 Å². The summed E-state index contributed by atoms with van der Waals surface area (Å²) < 4.78 is 19.0. The smallest absolute Gasteiger partial charge is 0.296 e. The largest absolute Gasteiger partial charge is 0.508 e. The van der Waals surface area contributed by atoms with E-state index in [1.165, 1.54) is 48.4 Å². The molecule has 1 atom stereocenters. The number of aliphatic hydroxyl groups excluding tert-OH is 1. The van der Waals surface area contributed by atoms with Crippen LogP contribution in [0.3, 0.4) is 0 Å². The van der Waals surface area contributed by atoms with E-state index in [2.05, 4.69) is 0 Å². The van der Waals surface area contributed by atoms with Gasteiger partial charge in [-0.15, -0.1) is 0 Å². The molecule has 2 heterocycles. The SMILES string of the molecule is Cc1cc(/C(O)=C2/C(=O)C(=O)N(Cc3ccco3)C2c2cccc(O)c2)ccc1F. The van der Waals surface area contributed by atoms with Crippen LogP contribution in [-0.4, -0.2) is 26.8 Å². The third-order valence-corrected chi connectivity index (χ3v) is 5.06. The molecule has 30 heavy (non-hydrogen) atoms. The Morgan fingerprint density at radius 1 is 1.13 bits per heavy atom.